The smallest absolute Gasteiger partial charge is 0.255 e. The molecule has 0 bridgehead atoms. The standard InChI is InChI=1S/C26H23N3O3S/c1-31-24-12-8-19(7-6-18-4-2-3-5-18)16-23(24)29-22-11-10-21(17-20(22)9-13-26(29)30)33-28-25-14-15-32-27-25/h8-18H,2-5H2,1H3,(H,27,28). The normalized spacial score (nSPS) is 13.6. The third-order valence-electron chi connectivity index (χ3n) is 5.77. The van der Waals surface area contributed by atoms with Crippen molar-refractivity contribution < 1.29 is 9.26 Å². The van der Waals surface area contributed by atoms with Gasteiger partial charge in [-0.25, -0.2) is 0 Å². The lowest BCUT2D eigenvalue weighted by Gasteiger charge is -2.15. The summed E-state index contributed by atoms with van der Waals surface area (Å²) in [4.78, 5) is 14.0. The molecule has 1 saturated carbocycles. The average Bonchev–Trinajstić information content (AvgIpc) is 3.56. The molecule has 0 aliphatic heterocycles. The van der Waals surface area contributed by atoms with Crippen LogP contribution in [0.15, 0.2) is 75.1 Å². The summed E-state index contributed by atoms with van der Waals surface area (Å²) < 4.78 is 15.3. The molecule has 2 aromatic heterocycles. The largest absolute Gasteiger partial charge is 0.495 e. The zero-order chi connectivity index (χ0) is 22.6. The minimum atomic E-state index is -0.122. The molecule has 4 aromatic rings. The number of anilines is 1. The van der Waals surface area contributed by atoms with Crippen molar-refractivity contribution in [3.63, 3.8) is 0 Å². The number of ether oxygens (including phenoxy) is 1. The number of pyridine rings is 1. The van der Waals surface area contributed by atoms with Gasteiger partial charge in [-0.3, -0.25) is 9.36 Å². The minimum absolute atomic E-state index is 0.122. The van der Waals surface area contributed by atoms with Gasteiger partial charge in [0.2, 0.25) is 0 Å². The molecule has 166 valence electrons. The van der Waals surface area contributed by atoms with Crippen molar-refractivity contribution in [2.75, 3.05) is 11.8 Å². The molecule has 0 saturated heterocycles. The van der Waals surface area contributed by atoms with Crippen LogP contribution >= 0.6 is 11.9 Å². The summed E-state index contributed by atoms with van der Waals surface area (Å²) in [6.07, 6.45) is 6.37. The minimum Gasteiger partial charge on any atom is -0.495 e. The quantitative estimate of drug-likeness (QED) is 0.309. The number of nitrogens with one attached hydrogen (secondary N) is 1. The van der Waals surface area contributed by atoms with Gasteiger partial charge in [0.15, 0.2) is 5.82 Å². The van der Waals surface area contributed by atoms with Gasteiger partial charge in [-0.2, -0.15) is 0 Å². The summed E-state index contributed by atoms with van der Waals surface area (Å²) in [6, 6.07) is 16.9. The second-order valence-corrected chi connectivity index (χ2v) is 8.83. The molecule has 0 unspecified atom stereocenters. The Morgan fingerprint density at radius 3 is 2.79 bits per heavy atom. The van der Waals surface area contributed by atoms with Crippen molar-refractivity contribution in [2.24, 2.45) is 5.92 Å². The SMILES string of the molecule is COc1ccc(C#CC2CCCC2)cc1-n1c(=O)ccc2cc(SNc3ccon3)ccc21. The van der Waals surface area contributed by atoms with Crippen LogP contribution < -0.4 is 15.0 Å². The van der Waals surface area contributed by atoms with E-state index in [2.05, 4.69) is 21.7 Å². The van der Waals surface area contributed by atoms with Crippen molar-refractivity contribution in [3.8, 4) is 23.3 Å². The van der Waals surface area contributed by atoms with Crippen molar-refractivity contribution in [3.05, 3.63) is 76.8 Å². The third-order valence-corrected chi connectivity index (χ3v) is 6.57. The molecule has 0 spiro atoms. The van der Waals surface area contributed by atoms with Crippen molar-refractivity contribution in [1.82, 2.24) is 9.72 Å². The number of hydrogen-bond donors (Lipinski definition) is 1. The number of nitrogens with zero attached hydrogens (tertiary/aromatic N) is 2. The predicted molar refractivity (Wildman–Crippen MR) is 131 cm³/mol. The highest BCUT2D eigenvalue weighted by atomic mass is 32.2. The van der Waals surface area contributed by atoms with Gasteiger partial charge in [0, 0.05) is 28.5 Å². The van der Waals surface area contributed by atoms with Gasteiger partial charge in [0.05, 0.1) is 18.3 Å². The molecule has 7 heteroatoms. The van der Waals surface area contributed by atoms with E-state index in [9.17, 15) is 4.79 Å². The van der Waals surface area contributed by atoms with Crippen LogP contribution in [0.1, 0.15) is 31.2 Å². The second kappa shape index (κ2) is 9.47. The molecule has 0 radical (unpaired) electrons. The van der Waals surface area contributed by atoms with E-state index >= 15 is 0 Å². The number of rotatable bonds is 5. The predicted octanol–water partition coefficient (Wildman–Crippen LogP) is 5.65. The molecular weight excluding hydrogens is 434 g/mol. The van der Waals surface area contributed by atoms with Crippen LogP contribution in [0.4, 0.5) is 5.82 Å². The molecule has 6 nitrogen and oxygen atoms in total. The van der Waals surface area contributed by atoms with E-state index in [4.69, 9.17) is 9.26 Å². The summed E-state index contributed by atoms with van der Waals surface area (Å²) in [5.41, 5.74) is 2.24. The van der Waals surface area contributed by atoms with Crippen LogP contribution in [0, 0.1) is 17.8 Å². The highest BCUT2D eigenvalue weighted by Crippen LogP contribution is 2.29. The van der Waals surface area contributed by atoms with Gasteiger partial charge in [-0.1, -0.05) is 29.8 Å². The van der Waals surface area contributed by atoms with Crippen LogP contribution in [0.5, 0.6) is 5.75 Å². The number of aromatic nitrogens is 2. The number of benzene rings is 2. The Balaban J connectivity index is 1.53. The maximum atomic E-state index is 13.0. The molecule has 2 aromatic carbocycles. The zero-order valence-corrected chi connectivity index (χ0v) is 19.0. The molecule has 1 N–H and O–H groups in total. The molecule has 1 aliphatic rings. The molecule has 0 atom stereocenters. The topological polar surface area (TPSA) is 69.3 Å². The van der Waals surface area contributed by atoms with Crippen LogP contribution in [0.25, 0.3) is 16.6 Å². The maximum absolute atomic E-state index is 13.0. The Hall–Kier alpha value is -3.63. The van der Waals surface area contributed by atoms with Gasteiger partial charge in [0.1, 0.15) is 12.0 Å². The first-order chi connectivity index (χ1) is 16.2. The lowest BCUT2D eigenvalue weighted by atomic mass is 10.1. The number of fused-ring (bicyclic) bond motifs is 1. The highest BCUT2D eigenvalue weighted by molar-refractivity contribution is 8.00. The van der Waals surface area contributed by atoms with Crippen LogP contribution in [0.3, 0.4) is 0 Å². The van der Waals surface area contributed by atoms with Gasteiger partial charge < -0.3 is 14.0 Å². The summed E-state index contributed by atoms with van der Waals surface area (Å²) in [5, 5.41) is 4.79. The highest BCUT2D eigenvalue weighted by Gasteiger charge is 2.14. The fourth-order valence-electron chi connectivity index (χ4n) is 4.11. The summed E-state index contributed by atoms with van der Waals surface area (Å²) in [7, 11) is 1.61. The van der Waals surface area contributed by atoms with Crippen molar-refractivity contribution in [2.45, 2.75) is 30.6 Å². The Morgan fingerprint density at radius 1 is 1.12 bits per heavy atom. The molecule has 0 amide bonds. The second-order valence-electron chi connectivity index (χ2n) is 7.95. The summed E-state index contributed by atoms with van der Waals surface area (Å²) in [6.45, 7) is 0. The average molecular weight is 458 g/mol. The zero-order valence-electron chi connectivity index (χ0n) is 18.2. The maximum Gasteiger partial charge on any atom is 0.255 e. The van der Waals surface area contributed by atoms with Gasteiger partial charge in [-0.15, -0.1) is 0 Å². The molecular formula is C26H23N3O3S. The Labute approximate surface area is 196 Å². The molecule has 33 heavy (non-hydrogen) atoms. The summed E-state index contributed by atoms with van der Waals surface area (Å²) in [5.74, 6) is 8.45. The number of methoxy groups -OCH3 is 1. The first kappa shape index (κ1) is 21.2. The van der Waals surface area contributed by atoms with E-state index in [0.717, 1.165) is 21.4 Å². The first-order valence-corrected chi connectivity index (χ1v) is 11.7. The van der Waals surface area contributed by atoms with E-state index in [1.807, 2.05) is 42.5 Å². The van der Waals surface area contributed by atoms with E-state index in [1.165, 1.54) is 43.9 Å². The number of hydrogen-bond acceptors (Lipinski definition) is 6. The van der Waals surface area contributed by atoms with Gasteiger partial charge >= 0.3 is 0 Å². The van der Waals surface area contributed by atoms with Crippen LogP contribution in [-0.2, 0) is 0 Å². The lowest BCUT2D eigenvalue weighted by Crippen LogP contribution is -2.18. The Bertz CT molecular complexity index is 1390. The van der Waals surface area contributed by atoms with E-state index in [-0.39, 0.29) is 5.56 Å². The van der Waals surface area contributed by atoms with Gasteiger partial charge in [-0.05, 0) is 72.6 Å². The molecule has 2 heterocycles. The Kier molecular flexibility index (Phi) is 6.09. The fraction of sp³-hybridized carbons (Fsp3) is 0.231. The molecule has 1 aliphatic carbocycles. The lowest BCUT2D eigenvalue weighted by molar-refractivity contribution is 0.413. The van der Waals surface area contributed by atoms with Crippen LogP contribution in [0.2, 0.25) is 0 Å². The molecule has 1 fully saturated rings. The van der Waals surface area contributed by atoms with E-state index < -0.39 is 0 Å². The van der Waals surface area contributed by atoms with Crippen molar-refractivity contribution >= 4 is 28.7 Å². The van der Waals surface area contributed by atoms with E-state index in [1.54, 1.807) is 23.8 Å². The van der Waals surface area contributed by atoms with Gasteiger partial charge in [0.25, 0.3) is 5.56 Å². The Morgan fingerprint density at radius 2 is 2.00 bits per heavy atom. The third kappa shape index (κ3) is 4.62. The fourth-order valence-corrected chi connectivity index (χ4v) is 4.76. The molecule has 5 rings (SSSR count). The van der Waals surface area contributed by atoms with E-state index in [0.29, 0.717) is 23.2 Å². The van der Waals surface area contributed by atoms with Crippen molar-refractivity contribution in [1.29, 1.82) is 0 Å². The first-order valence-electron chi connectivity index (χ1n) is 10.9. The van der Waals surface area contributed by atoms with Crippen LogP contribution in [-0.4, -0.2) is 16.8 Å². The summed E-state index contributed by atoms with van der Waals surface area (Å²) >= 11 is 1.42. The monoisotopic (exact) mass is 457 g/mol.